The molecule has 0 unspecified atom stereocenters. The molecule has 0 aliphatic carbocycles. The van der Waals surface area contributed by atoms with Crippen LogP contribution in [0.1, 0.15) is 0 Å². The van der Waals surface area contributed by atoms with E-state index >= 15 is 0 Å². The van der Waals surface area contributed by atoms with Crippen LogP contribution in [-0.2, 0) is 18.8 Å². The lowest BCUT2D eigenvalue weighted by Gasteiger charge is -2.26. The van der Waals surface area contributed by atoms with E-state index in [4.69, 9.17) is 14.5 Å². The number of rotatable bonds is 6. The van der Waals surface area contributed by atoms with Crippen molar-refractivity contribution in [1.29, 1.82) is 0 Å². The summed E-state index contributed by atoms with van der Waals surface area (Å²) in [5, 5.41) is 7.76. The lowest BCUT2D eigenvalue weighted by atomic mass is 10.1. The van der Waals surface area contributed by atoms with E-state index in [9.17, 15) is 0 Å². The van der Waals surface area contributed by atoms with Crippen molar-refractivity contribution in [1.82, 2.24) is 28.2 Å². The van der Waals surface area contributed by atoms with Crippen molar-refractivity contribution in [2.24, 2.45) is 14.1 Å². The van der Waals surface area contributed by atoms with Gasteiger partial charge in [-0.15, -0.1) is 0 Å². The lowest BCUT2D eigenvalue weighted by Crippen LogP contribution is -2.38. The molecule has 0 amide bonds. The lowest BCUT2D eigenvalue weighted by molar-refractivity contribution is 0.0322. The first kappa shape index (κ1) is 22.2. The minimum Gasteiger partial charge on any atom is -0.492 e. The molecule has 0 atom stereocenters. The van der Waals surface area contributed by atoms with Crippen molar-refractivity contribution >= 4 is 63.2 Å². The summed E-state index contributed by atoms with van der Waals surface area (Å²) in [4.78, 5) is 7.16. The normalized spacial score (nSPS) is 15.1. The quantitative estimate of drug-likeness (QED) is 0.270. The van der Waals surface area contributed by atoms with Gasteiger partial charge in [0.05, 0.1) is 30.6 Å². The molecule has 8 nitrogen and oxygen atoms in total. The number of nitrogens with zero attached hydrogens (tertiary/aromatic N) is 6. The smallest absolute Gasteiger partial charge is 0.153 e. The Bertz CT molecular complexity index is 1500. The third kappa shape index (κ3) is 3.76. The van der Waals surface area contributed by atoms with E-state index in [0.29, 0.717) is 6.61 Å². The standard InChI is InChI=1S/C24H25IN6O2S/c1-28-15-20(18-11-17(3-4-21(18)28)33-10-7-30-5-8-32-9-6-30)22-12-19-23-16(14-27-29(23)2)13-26-24(19)31(22)34-25/h3-4,11-15H,5-10H2,1-2H3. The van der Waals surface area contributed by atoms with E-state index in [2.05, 4.69) is 77.3 Å². The number of ether oxygens (including phenoxy) is 2. The van der Waals surface area contributed by atoms with Gasteiger partial charge < -0.3 is 14.0 Å². The number of hydrogen-bond acceptors (Lipinski definition) is 6. The fourth-order valence-corrected chi connectivity index (χ4v) is 6.46. The summed E-state index contributed by atoms with van der Waals surface area (Å²) >= 11 is 2.33. The predicted molar refractivity (Wildman–Crippen MR) is 146 cm³/mol. The molecule has 0 radical (unpaired) electrons. The van der Waals surface area contributed by atoms with Gasteiger partial charge in [0.15, 0.2) is 5.65 Å². The number of hydrogen-bond donors (Lipinski definition) is 0. The molecular weight excluding hydrogens is 563 g/mol. The molecule has 1 aromatic carbocycles. The molecule has 1 saturated heterocycles. The van der Waals surface area contributed by atoms with Gasteiger partial charge in [-0.3, -0.25) is 13.6 Å². The Morgan fingerprint density at radius 3 is 2.79 bits per heavy atom. The number of benzene rings is 1. The average molecular weight is 588 g/mol. The Kier molecular flexibility index (Phi) is 5.92. The van der Waals surface area contributed by atoms with E-state index in [1.54, 1.807) is 9.12 Å². The van der Waals surface area contributed by atoms with Crippen LogP contribution in [-0.4, -0.2) is 67.7 Å². The van der Waals surface area contributed by atoms with Gasteiger partial charge in [-0.25, -0.2) is 4.98 Å². The van der Waals surface area contributed by atoms with Crippen molar-refractivity contribution in [2.75, 3.05) is 39.5 Å². The third-order valence-corrected chi connectivity index (χ3v) is 8.26. The second-order valence-corrected chi connectivity index (χ2v) is 10.3. The van der Waals surface area contributed by atoms with Crippen molar-refractivity contribution in [3.63, 3.8) is 0 Å². The summed E-state index contributed by atoms with van der Waals surface area (Å²) in [6, 6.07) is 8.61. The maximum atomic E-state index is 6.17. The number of morpholine rings is 1. The van der Waals surface area contributed by atoms with Crippen LogP contribution in [0.25, 0.3) is 44.1 Å². The fraction of sp³-hybridized carbons (Fsp3) is 0.333. The number of halogens is 1. The Hall–Kier alpha value is -2.28. The zero-order valence-electron chi connectivity index (χ0n) is 19.1. The largest absolute Gasteiger partial charge is 0.492 e. The number of pyridine rings is 1. The van der Waals surface area contributed by atoms with Crippen LogP contribution in [0.5, 0.6) is 5.75 Å². The summed E-state index contributed by atoms with van der Waals surface area (Å²) in [7, 11) is 5.70. The van der Waals surface area contributed by atoms with Gasteiger partial charge in [0, 0.05) is 104 Å². The van der Waals surface area contributed by atoms with Crippen LogP contribution >= 0.6 is 30.3 Å². The molecular formula is C24H25IN6O2S. The summed E-state index contributed by atoms with van der Waals surface area (Å²) < 4.78 is 17.9. The minimum atomic E-state index is 0.667. The van der Waals surface area contributed by atoms with Crippen LogP contribution in [0.3, 0.4) is 0 Å². The second kappa shape index (κ2) is 9.06. The Morgan fingerprint density at radius 2 is 1.97 bits per heavy atom. The molecule has 34 heavy (non-hydrogen) atoms. The zero-order valence-corrected chi connectivity index (χ0v) is 22.0. The number of fused-ring (bicyclic) bond motifs is 4. The van der Waals surface area contributed by atoms with E-state index in [-0.39, 0.29) is 0 Å². The van der Waals surface area contributed by atoms with Crippen molar-refractivity contribution in [2.45, 2.75) is 0 Å². The molecule has 0 saturated carbocycles. The highest BCUT2D eigenvalue weighted by Crippen LogP contribution is 2.40. The first-order valence-corrected chi connectivity index (χ1v) is 14.6. The van der Waals surface area contributed by atoms with Gasteiger partial charge in [-0.2, -0.15) is 5.10 Å². The van der Waals surface area contributed by atoms with Crippen molar-refractivity contribution in [3.8, 4) is 17.0 Å². The maximum absolute atomic E-state index is 6.17. The van der Waals surface area contributed by atoms with E-state index in [1.807, 2.05) is 24.1 Å². The molecule has 1 aliphatic rings. The minimum absolute atomic E-state index is 0.667. The first-order valence-electron chi connectivity index (χ1n) is 11.3. The van der Waals surface area contributed by atoms with Crippen molar-refractivity contribution in [3.05, 3.63) is 42.9 Å². The summed E-state index contributed by atoms with van der Waals surface area (Å²) in [5.74, 6) is 0.894. The fourth-order valence-electron chi connectivity index (χ4n) is 4.83. The highest BCUT2D eigenvalue weighted by Gasteiger charge is 2.20. The molecule has 6 rings (SSSR count). The highest BCUT2D eigenvalue weighted by molar-refractivity contribution is 14.2. The maximum Gasteiger partial charge on any atom is 0.153 e. The van der Waals surface area contributed by atoms with Crippen LogP contribution in [0.4, 0.5) is 0 Å². The van der Waals surface area contributed by atoms with E-state index in [0.717, 1.165) is 71.8 Å². The van der Waals surface area contributed by atoms with Gasteiger partial charge in [0.25, 0.3) is 0 Å². The first-order chi connectivity index (χ1) is 16.6. The summed E-state index contributed by atoms with van der Waals surface area (Å²) in [6.07, 6.45) is 5.97. The summed E-state index contributed by atoms with van der Waals surface area (Å²) in [6.45, 7) is 5.14. The van der Waals surface area contributed by atoms with Gasteiger partial charge in [-0.1, -0.05) is 0 Å². The van der Waals surface area contributed by atoms with Crippen molar-refractivity contribution < 1.29 is 9.47 Å². The molecule has 1 fully saturated rings. The van der Waals surface area contributed by atoms with Crippen LogP contribution < -0.4 is 4.74 Å². The number of aromatic nitrogens is 5. The van der Waals surface area contributed by atoms with Crippen LogP contribution in [0.2, 0.25) is 0 Å². The van der Waals surface area contributed by atoms with Gasteiger partial charge in [0.1, 0.15) is 12.4 Å². The molecule has 10 heteroatoms. The van der Waals surface area contributed by atoms with Gasteiger partial charge in [-0.05, 0) is 24.3 Å². The average Bonchev–Trinajstić information content (AvgIpc) is 3.52. The Morgan fingerprint density at radius 1 is 1.12 bits per heavy atom. The second-order valence-electron chi connectivity index (χ2n) is 8.60. The molecule has 1 aliphatic heterocycles. The molecule has 176 valence electrons. The highest BCUT2D eigenvalue weighted by atomic mass is 127. The predicted octanol–water partition coefficient (Wildman–Crippen LogP) is 4.64. The van der Waals surface area contributed by atoms with Crippen LogP contribution in [0.15, 0.2) is 42.9 Å². The molecule has 0 spiro atoms. The Labute approximate surface area is 213 Å². The number of aryl methyl sites for hydroxylation is 2. The monoisotopic (exact) mass is 588 g/mol. The molecule has 0 bridgehead atoms. The van der Waals surface area contributed by atoms with Gasteiger partial charge in [0.2, 0.25) is 0 Å². The molecule has 5 aromatic rings. The topological polar surface area (TPSA) is 62.3 Å². The molecule has 4 aromatic heterocycles. The SMILES string of the molecule is Cn1cc(-c2cc3c4c(cnc3n2SI)cnn4C)c2cc(OCCN3CCOCC3)ccc21. The molecule has 5 heterocycles. The molecule has 0 N–H and O–H groups in total. The summed E-state index contributed by atoms with van der Waals surface area (Å²) in [5.41, 5.74) is 5.49. The zero-order chi connectivity index (χ0) is 23.2. The third-order valence-electron chi connectivity index (χ3n) is 6.57. The van der Waals surface area contributed by atoms with E-state index in [1.165, 1.54) is 10.9 Å². The van der Waals surface area contributed by atoms with Gasteiger partial charge >= 0.3 is 0 Å². The Balaban J connectivity index is 1.40. The van der Waals surface area contributed by atoms with E-state index < -0.39 is 0 Å². The van der Waals surface area contributed by atoms with Crippen LogP contribution in [0, 0.1) is 0 Å².